The Morgan fingerprint density at radius 1 is 1.30 bits per heavy atom. The van der Waals surface area contributed by atoms with Crippen LogP contribution in [0.25, 0.3) is 0 Å². The highest BCUT2D eigenvalue weighted by atomic mass is 35.5. The third-order valence-corrected chi connectivity index (χ3v) is 5.21. The third-order valence-electron chi connectivity index (χ3n) is 4.99. The largest absolute Gasteiger partial charge is 0.396 e. The molecule has 1 aromatic rings. The van der Waals surface area contributed by atoms with Gasteiger partial charge >= 0.3 is 0 Å². The Balaban J connectivity index is 1.64. The monoisotopic (exact) mass is 337 g/mol. The van der Waals surface area contributed by atoms with Gasteiger partial charge in [0.25, 0.3) is 0 Å². The maximum Gasteiger partial charge on any atom is 0.222 e. The number of pyridine rings is 1. The molecular weight excluding hydrogens is 314 g/mol. The molecule has 6 heteroatoms. The van der Waals surface area contributed by atoms with Gasteiger partial charge in [0.05, 0.1) is 5.02 Å². The van der Waals surface area contributed by atoms with Crippen LogP contribution in [0.3, 0.4) is 0 Å². The molecule has 0 aromatic carbocycles. The highest BCUT2D eigenvalue weighted by molar-refractivity contribution is 6.30. The fraction of sp³-hybridized carbons (Fsp3) is 0.647. The molecule has 2 aliphatic rings. The van der Waals surface area contributed by atoms with E-state index < -0.39 is 0 Å². The Kier molecular flexibility index (Phi) is 5.38. The molecule has 0 saturated carbocycles. The Morgan fingerprint density at radius 2 is 2.17 bits per heavy atom. The molecule has 0 bridgehead atoms. The van der Waals surface area contributed by atoms with Crippen molar-refractivity contribution in [1.82, 2.24) is 9.88 Å². The minimum atomic E-state index is 0.201. The highest BCUT2D eigenvalue weighted by Gasteiger charge is 2.39. The molecule has 23 heavy (non-hydrogen) atoms. The number of carbonyl (C=O) groups is 1. The number of nitrogens with zero attached hydrogens (tertiary/aromatic N) is 3. The zero-order valence-electron chi connectivity index (χ0n) is 13.3. The summed E-state index contributed by atoms with van der Waals surface area (Å²) in [6.45, 7) is 2.84. The van der Waals surface area contributed by atoms with Gasteiger partial charge in [-0.3, -0.25) is 4.79 Å². The lowest BCUT2D eigenvalue weighted by molar-refractivity contribution is -0.139. The van der Waals surface area contributed by atoms with Crippen LogP contribution in [0.2, 0.25) is 5.02 Å². The van der Waals surface area contributed by atoms with Crippen LogP contribution in [-0.2, 0) is 4.79 Å². The number of piperidine rings is 2. The zero-order chi connectivity index (χ0) is 16.2. The van der Waals surface area contributed by atoms with E-state index in [1.807, 2.05) is 12.1 Å². The first kappa shape index (κ1) is 16.5. The predicted molar refractivity (Wildman–Crippen MR) is 90.6 cm³/mol. The van der Waals surface area contributed by atoms with Crippen molar-refractivity contribution in [3.8, 4) is 0 Å². The van der Waals surface area contributed by atoms with Crippen LogP contribution in [0.15, 0.2) is 18.3 Å². The number of halogens is 1. The first-order valence-corrected chi connectivity index (χ1v) is 8.83. The van der Waals surface area contributed by atoms with Gasteiger partial charge in [0, 0.05) is 44.9 Å². The van der Waals surface area contributed by atoms with Crippen molar-refractivity contribution in [2.75, 3.05) is 31.1 Å². The maximum atomic E-state index is 12.3. The molecule has 2 aliphatic heterocycles. The number of fused-ring (bicyclic) bond motifs is 1. The zero-order valence-corrected chi connectivity index (χ0v) is 14.1. The molecule has 2 fully saturated rings. The molecule has 1 N–H and O–H groups in total. The van der Waals surface area contributed by atoms with Crippen molar-refractivity contribution >= 4 is 23.3 Å². The van der Waals surface area contributed by atoms with E-state index >= 15 is 0 Å². The molecular formula is C17H24ClN3O2. The Hall–Kier alpha value is -1.33. The molecule has 3 heterocycles. The average Bonchev–Trinajstić information content (AvgIpc) is 2.57. The van der Waals surface area contributed by atoms with E-state index in [1.165, 1.54) is 0 Å². The van der Waals surface area contributed by atoms with Gasteiger partial charge in [0.15, 0.2) is 0 Å². The molecule has 5 nitrogen and oxygen atoms in total. The number of aromatic nitrogens is 1. The van der Waals surface area contributed by atoms with E-state index in [9.17, 15) is 4.79 Å². The van der Waals surface area contributed by atoms with Crippen LogP contribution >= 0.6 is 11.6 Å². The molecule has 1 amide bonds. The first-order valence-electron chi connectivity index (χ1n) is 8.46. The van der Waals surface area contributed by atoms with E-state index in [-0.39, 0.29) is 12.5 Å². The molecule has 3 rings (SSSR count). The second-order valence-corrected chi connectivity index (χ2v) is 6.89. The Labute approximate surface area is 142 Å². The van der Waals surface area contributed by atoms with Gasteiger partial charge in [-0.25, -0.2) is 4.98 Å². The fourth-order valence-electron chi connectivity index (χ4n) is 3.80. The van der Waals surface area contributed by atoms with Crippen LogP contribution in [0.1, 0.15) is 32.1 Å². The van der Waals surface area contributed by atoms with E-state index in [0.717, 1.165) is 51.1 Å². The van der Waals surface area contributed by atoms with Gasteiger partial charge in [0.2, 0.25) is 5.91 Å². The first-order chi connectivity index (χ1) is 11.2. The average molecular weight is 338 g/mol. The maximum absolute atomic E-state index is 12.3. The summed E-state index contributed by atoms with van der Waals surface area (Å²) in [5, 5.41) is 9.60. The number of carbonyl (C=O) groups excluding carboxylic acids is 1. The number of anilines is 1. The SMILES string of the molecule is O=C1CC[C@H]2CN(c3ccc(Cl)cn3)CC[C@H]2N1CCCCO. The van der Waals surface area contributed by atoms with Gasteiger partial charge in [-0.05, 0) is 43.7 Å². The van der Waals surface area contributed by atoms with Crippen LogP contribution in [-0.4, -0.2) is 53.2 Å². The summed E-state index contributed by atoms with van der Waals surface area (Å²) in [5.74, 6) is 1.76. The van der Waals surface area contributed by atoms with Gasteiger partial charge in [-0.2, -0.15) is 0 Å². The lowest BCUT2D eigenvalue weighted by atomic mass is 9.83. The molecule has 2 atom stereocenters. The van der Waals surface area contributed by atoms with E-state index in [1.54, 1.807) is 6.20 Å². The summed E-state index contributed by atoms with van der Waals surface area (Å²) in [7, 11) is 0. The number of unbranched alkanes of at least 4 members (excludes halogenated alkanes) is 1. The highest BCUT2D eigenvalue weighted by Crippen LogP contribution is 2.33. The molecule has 1 aromatic heterocycles. The van der Waals surface area contributed by atoms with Crippen molar-refractivity contribution < 1.29 is 9.90 Å². The minimum Gasteiger partial charge on any atom is -0.396 e. The van der Waals surface area contributed by atoms with E-state index in [2.05, 4.69) is 14.8 Å². The van der Waals surface area contributed by atoms with Gasteiger partial charge in [-0.15, -0.1) is 0 Å². The summed E-state index contributed by atoms with van der Waals surface area (Å²) >= 11 is 5.91. The van der Waals surface area contributed by atoms with Crippen molar-refractivity contribution in [2.45, 2.75) is 38.1 Å². The minimum absolute atomic E-state index is 0.201. The van der Waals surface area contributed by atoms with Crippen LogP contribution in [0.4, 0.5) is 5.82 Å². The molecule has 126 valence electrons. The lowest BCUT2D eigenvalue weighted by Crippen LogP contribution is -2.56. The lowest BCUT2D eigenvalue weighted by Gasteiger charge is -2.47. The van der Waals surface area contributed by atoms with Crippen LogP contribution < -0.4 is 4.90 Å². The van der Waals surface area contributed by atoms with Crippen LogP contribution in [0, 0.1) is 5.92 Å². The van der Waals surface area contributed by atoms with Crippen LogP contribution in [0.5, 0.6) is 0 Å². The second kappa shape index (κ2) is 7.49. The topological polar surface area (TPSA) is 56.7 Å². The Bertz CT molecular complexity index is 537. The van der Waals surface area contributed by atoms with Gasteiger partial charge < -0.3 is 14.9 Å². The normalized spacial score (nSPS) is 24.7. The molecule has 0 radical (unpaired) electrons. The van der Waals surface area contributed by atoms with E-state index in [0.29, 0.717) is 23.4 Å². The number of aliphatic hydroxyl groups is 1. The Morgan fingerprint density at radius 3 is 2.91 bits per heavy atom. The fourth-order valence-corrected chi connectivity index (χ4v) is 3.91. The van der Waals surface area contributed by atoms with Gasteiger partial charge in [-0.1, -0.05) is 11.6 Å². The predicted octanol–water partition coefficient (Wildman–Crippen LogP) is 2.32. The number of aliphatic hydroxyl groups excluding tert-OH is 1. The molecule has 0 unspecified atom stereocenters. The van der Waals surface area contributed by atoms with Crippen molar-refractivity contribution in [1.29, 1.82) is 0 Å². The number of likely N-dealkylation sites (tertiary alicyclic amines) is 1. The quantitative estimate of drug-likeness (QED) is 0.838. The summed E-state index contributed by atoms with van der Waals surface area (Å²) in [5.41, 5.74) is 0. The summed E-state index contributed by atoms with van der Waals surface area (Å²) in [6.07, 6.45) is 5.93. The van der Waals surface area contributed by atoms with Crippen molar-refractivity contribution in [3.63, 3.8) is 0 Å². The summed E-state index contributed by atoms with van der Waals surface area (Å²) < 4.78 is 0. The third kappa shape index (κ3) is 3.78. The number of hydrogen-bond acceptors (Lipinski definition) is 4. The van der Waals surface area contributed by atoms with E-state index in [4.69, 9.17) is 16.7 Å². The smallest absolute Gasteiger partial charge is 0.222 e. The number of hydrogen-bond donors (Lipinski definition) is 1. The standard InChI is InChI=1S/C17H24ClN3O2/c18-14-4-5-16(19-11-14)20-9-7-15-13(12-20)3-6-17(23)21(15)8-1-2-10-22/h4-5,11,13,15,22H,1-3,6-10,12H2/t13-,15+/m0/s1. The molecule has 0 aliphatic carbocycles. The van der Waals surface area contributed by atoms with Crippen molar-refractivity contribution in [2.24, 2.45) is 5.92 Å². The number of rotatable bonds is 5. The molecule has 2 saturated heterocycles. The van der Waals surface area contributed by atoms with Crippen molar-refractivity contribution in [3.05, 3.63) is 23.4 Å². The molecule has 0 spiro atoms. The summed E-state index contributed by atoms with van der Waals surface area (Å²) in [6, 6.07) is 4.19. The summed E-state index contributed by atoms with van der Waals surface area (Å²) in [4.78, 5) is 21.0. The van der Waals surface area contributed by atoms with Gasteiger partial charge in [0.1, 0.15) is 5.82 Å². The number of amides is 1. The second-order valence-electron chi connectivity index (χ2n) is 6.45.